The summed E-state index contributed by atoms with van der Waals surface area (Å²) in [5, 5.41) is 3.83. The molecule has 1 heterocycles. The normalized spacial score (nSPS) is 26.7. The van der Waals surface area contributed by atoms with Gasteiger partial charge in [0, 0.05) is 6.04 Å². The van der Waals surface area contributed by atoms with Crippen LogP contribution in [0.2, 0.25) is 0 Å². The van der Waals surface area contributed by atoms with Crippen molar-refractivity contribution in [3.8, 4) is 0 Å². The minimum Gasteiger partial charge on any atom is -0.382 e. The summed E-state index contributed by atoms with van der Waals surface area (Å²) in [5.41, 5.74) is 5.83. The fourth-order valence-corrected chi connectivity index (χ4v) is 6.13. The lowest BCUT2D eigenvalue weighted by Crippen LogP contribution is -2.27. The molecule has 2 aliphatic carbocycles. The molecule has 3 rings (SSSR count). The number of nitrogens with two attached hydrogens (primary N) is 1. The predicted octanol–water partition coefficient (Wildman–Crippen LogP) is 3.04. The van der Waals surface area contributed by atoms with Crippen molar-refractivity contribution in [2.45, 2.75) is 68.1 Å². The van der Waals surface area contributed by atoms with Gasteiger partial charge in [-0.2, -0.15) is 4.37 Å². The van der Waals surface area contributed by atoms with Gasteiger partial charge in [0.1, 0.15) is 9.90 Å². The minimum absolute atomic E-state index is 0.164. The number of nitrogen functional groups attached to an aromatic ring is 1. The molecule has 21 heavy (non-hydrogen) atoms. The molecule has 2 fully saturated rings. The summed E-state index contributed by atoms with van der Waals surface area (Å²) >= 11 is 1.19. The molecule has 0 amide bonds. The van der Waals surface area contributed by atoms with Crippen LogP contribution >= 0.6 is 11.5 Å². The molecule has 2 unspecified atom stereocenters. The smallest absolute Gasteiger partial charge is 0.187 e. The van der Waals surface area contributed by atoms with Crippen molar-refractivity contribution in [1.82, 2.24) is 4.37 Å². The quantitative estimate of drug-likeness (QED) is 0.867. The van der Waals surface area contributed by atoms with Gasteiger partial charge in [-0.1, -0.05) is 26.2 Å². The second-order valence-electron chi connectivity index (χ2n) is 6.25. The van der Waals surface area contributed by atoms with Crippen LogP contribution in [0.15, 0.2) is 4.90 Å². The third kappa shape index (κ3) is 3.04. The number of nitrogens with one attached hydrogen (secondary N) is 1. The van der Waals surface area contributed by atoms with Crippen molar-refractivity contribution in [3.05, 3.63) is 0 Å². The van der Waals surface area contributed by atoms with Crippen molar-refractivity contribution in [1.29, 1.82) is 0 Å². The molecule has 7 heteroatoms. The van der Waals surface area contributed by atoms with E-state index in [1.807, 2.05) is 0 Å². The summed E-state index contributed by atoms with van der Waals surface area (Å²) in [6.45, 7) is 2.22. The number of hydrogen-bond acceptors (Lipinski definition) is 6. The standard InChI is InChI=1S/C14H23N3O2S2/c1-2-9-4-3-5-10(8-9)16-14-12(13(15)17-20-14)21(18,19)11-6-7-11/h9-11,16H,2-8H2,1H3,(H2,15,17). The Balaban J connectivity index is 1.80. The molecule has 2 atom stereocenters. The van der Waals surface area contributed by atoms with Crippen molar-refractivity contribution in [3.63, 3.8) is 0 Å². The van der Waals surface area contributed by atoms with E-state index in [0.717, 1.165) is 31.6 Å². The maximum atomic E-state index is 12.5. The zero-order chi connectivity index (χ0) is 15.0. The lowest BCUT2D eigenvalue weighted by Gasteiger charge is -2.29. The summed E-state index contributed by atoms with van der Waals surface area (Å²) in [5.74, 6) is 0.905. The lowest BCUT2D eigenvalue weighted by molar-refractivity contribution is 0.327. The van der Waals surface area contributed by atoms with Gasteiger partial charge in [-0.05, 0) is 43.1 Å². The Labute approximate surface area is 130 Å². The maximum absolute atomic E-state index is 12.5. The van der Waals surface area contributed by atoms with Gasteiger partial charge in [0.05, 0.1) is 5.25 Å². The average Bonchev–Trinajstić information content (AvgIpc) is 3.25. The summed E-state index contributed by atoms with van der Waals surface area (Å²) in [4.78, 5) is 0.258. The lowest BCUT2D eigenvalue weighted by atomic mass is 9.84. The van der Waals surface area contributed by atoms with E-state index in [0.29, 0.717) is 11.0 Å². The van der Waals surface area contributed by atoms with Crippen LogP contribution in [0.4, 0.5) is 10.8 Å². The maximum Gasteiger partial charge on any atom is 0.187 e. The van der Waals surface area contributed by atoms with E-state index in [1.165, 1.54) is 30.8 Å². The van der Waals surface area contributed by atoms with Crippen molar-refractivity contribution < 1.29 is 8.42 Å². The van der Waals surface area contributed by atoms with Gasteiger partial charge in [-0.15, -0.1) is 0 Å². The molecule has 0 bridgehead atoms. The molecule has 0 radical (unpaired) electrons. The number of hydrogen-bond donors (Lipinski definition) is 2. The molecule has 0 aliphatic heterocycles. The fraction of sp³-hybridized carbons (Fsp3) is 0.786. The molecular formula is C14H23N3O2S2. The van der Waals surface area contributed by atoms with E-state index in [2.05, 4.69) is 16.6 Å². The van der Waals surface area contributed by atoms with Gasteiger partial charge >= 0.3 is 0 Å². The Morgan fingerprint density at radius 2 is 2.10 bits per heavy atom. The fourth-order valence-electron chi connectivity index (χ4n) is 3.18. The van der Waals surface area contributed by atoms with E-state index in [1.54, 1.807) is 0 Å². The predicted molar refractivity (Wildman–Crippen MR) is 86.4 cm³/mol. The summed E-state index contributed by atoms with van der Waals surface area (Å²) in [7, 11) is -3.29. The summed E-state index contributed by atoms with van der Waals surface area (Å²) < 4.78 is 29.1. The van der Waals surface area contributed by atoms with E-state index >= 15 is 0 Å². The number of sulfone groups is 1. The Bertz CT molecular complexity index is 608. The van der Waals surface area contributed by atoms with Crippen LogP contribution in [0.5, 0.6) is 0 Å². The van der Waals surface area contributed by atoms with Crippen molar-refractivity contribution in [2.75, 3.05) is 11.1 Å². The number of anilines is 2. The highest BCUT2D eigenvalue weighted by atomic mass is 32.2. The molecule has 0 saturated heterocycles. The van der Waals surface area contributed by atoms with Crippen molar-refractivity contribution in [2.24, 2.45) is 5.92 Å². The minimum atomic E-state index is -3.29. The second-order valence-corrected chi connectivity index (χ2v) is 9.19. The van der Waals surface area contributed by atoms with E-state index < -0.39 is 9.84 Å². The van der Waals surface area contributed by atoms with Crippen molar-refractivity contribution >= 4 is 32.2 Å². The molecule has 5 nitrogen and oxygen atoms in total. The number of aromatic nitrogens is 1. The van der Waals surface area contributed by atoms with Crippen LogP contribution < -0.4 is 11.1 Å². The van der Waals surface area contributed by atoms with Crippen LogP contribution in [0.25, 0.3) is 0 Å². The number of nitrogens with zero attached hydrogens (tertiary/aromatic N) is 1. The van der Waals surface area contributed by atoms with Gasteiger partial charge in [0.25, 0.3) is 0 Å². The molecule has 0 spiro atoms. The zero-order valence-electron chi connectivity index (χ0n) is 12.3. The first-order valence-electron chi connectivity index (χ1n) is 7.78. The molecule has 2 aliphatic rings. The Hall–Kier alpha value is -0.820. The van der Waals surface area contributed by atoms with Crippen LogP contribution in [-0.4, -0.2) is 24.1 Å². The second kappa shape index (κ2) is 5.76. The van der Waals surface area contributed by atoms with Crippen LogP contribution in [0.1, 0.15) is 51.9 Å². The van der Waals surface area contributed by atoms with Gasteiger partial charge in [0.15, 0.2) is 15.7 Å². The van der Waals surface area contributed by atoms with Gasteiger partial charge in [0.2, 0.25) is 0 Å². The highest BCUT2D eigenvalue weighted by molar-refractivity contribution is 7.92. The average molecular weight is 329 g/mol. The Morgan fingerprint density at radius 3 is 2.76 bits per heavy atom. The molecule has 118 valence electrons. The number of rotatable bonds is 5. The first kappa shape index (κ1) is 15.1. The third-order valence-electron chi connectivity index (χ3n) is 4.62. The monoisotopic (exact) mass is 329 g/mol. The van der Waals surface area contributed by atoms with Crippen LogP contribution in [-0.2, 0) is 9.84 Å². The first-order chi connectivity index (χ1) is 10.0. The van der Waals surface area contributed by atoms with E-state index in [-0.39, 0.29) is 16.0 Å². The highest BCUT2D eigenvalue weighted by Crippen LogP contribution is 2.42. The highest BCUT2D eigenvalue weighted by Gasteiger charge is 2.41. The molecular weight excluding hydrogens is 306 g/mol. The first-order valence-corrected chi connectivity index (χ1v) is 10.1. The SMILES string of the molecule is CCC1CCCC(Nc2snc(N)c2S(=O)(=O)C2CC2)C1. The molecule has 0 aromatic carbocycles. The van der Waals surface area contributed by atoms with Gasteiger partial charge in [-0.25, -0.2) is 8.42 Å². The molecule has 2 saturated carbocycles. The Morgan fingerprint density at radius 1 is 1.33 bits per heavy atom. The third-order valence-corrected chi connectivity index (χ3v) is 7.87. The summed E-state index contributed by atoms with van der Waals surface area (Å²) in [6, 6.07) is 0.344. The summed E-state index contributed by atoms with van der Waals surface area (Å²) in [6.07, 6.45) is 7.38. The van der Waals surface area contributed by atoms with E-state index in [9.17, 15) is 8.42 Å². The zero-order valence-corrected chi connectivity index (χ0v) is 14.0. The Kier molecular flexibility index (Phi) is 4.14. The molecule has 1 aromatic rings. The molecule has 1 aromatic heterocycles. The molecule has 3 N–H and O–H groups in total. The van der Waals surface area contributed by atoms with Gasteiger partial charge < -0.3 is 11.1 Å². The van der Waals surface area contributed by atoms with E-state index in [4.69, 9.17) is 5.73 Å². The largest absolute Gasteiger partial charge is 0.382 e. The van der Waals surface area contributed by atoms with Gasteiger partial charge in [-0.3, -0.25) is 0 Å². The van der Waals surface area contributed by atoms with Crippen LogP contribution in [0.3, 0.4) is 0 Å². The topological polar surface area (TPSA) is 85.1 Å². The van der Waals surface area contributed by atoms with Crippen LogP contribution in [0, 0.1) is 5.92 Å².